The fourth-order valence-electron chi connectivity index (χ4n) is 5.93. The molecule has 6 heteroatoms. The standard InChI is InChI=1S/C28H41N3O2S/c1-17-22-23(32)19-10-11-20-24(21(19)28(17,7)12-14-31(22)16-18-8-9-18)34-25(29-20)30-27(5,6)13-15-33-26(2,3)4/h10-11,17-18,22H,8-9,12-16H2,1-7H3,(H,29,30)/t17-,22?,28+/m0/s1. The van der Waals surface area contributed by atoms with Crippen LogP contribution in [-0.2, 0) is 10.2 Å². The minimum Gasteiger partial charge on any atom is -0.376 e. The zero-order valence-electron chi connectivity index (χ0n) is 22.0. The van der Waals surface area contributed by atoms with Crippen LogP contribution in [0.1, 0.15) is 90.1 Å². The fraction of sp³-hybridized carbons (Fsp3) is 0.714. The van der Waals surface area contributed by atoms with E-state index < -0.39 is 0 Å². The Morgan fingerprint density at radius 1 is 1.24 bits per heavy atom. The van der Waals surface area contributed by atoms with E-state index >= 15 is 0 Å². The summed E-state index contributed by atoms with van der Waals surface area (Å²) in [6.45, 7) is 18.2. The first-order valence-corrected chi connectivity index (χ1v) is 13.8. The van der Waals surface area contributed by atoms with Gasteiger partial charge in [-0.15, -0.1) is 0 Å². The number of likely N-dealkylation sites (tertiary alicyclic amines) is 1. The number of fused-ring (bicyclic) bond motifs is 6. The predicted molar refractivity (Wildman–Crippen MR) is 141 cm³/mol. The van der Waals surface area contributed by atoms with Gasteiger partial charge in [0.2, 0.25) is 0 Å². The molecule has 1 aromatic heterocycles. The predicted octanol–water partition coefficient (Wildman–Crippen LogP) is 6.27. The third kappa shape index (κ3) is 4.42. The molecule has 1 aromatic carbocycles. The molecule has 2 fully saturated rings. The highest BCUT2D eigenvalue weighted by molar-refractivity contribution is 7.22. The largest absolute Gasteiger partial charge is 0.376 e. The summed E-state index contributed by atoms with van der Waals surface area (Å²) in [4.78, 5) is 21.2. The summed E-state index contributed by atoms with van der Waals surface area (Å²) >= 11 is 1.72. The number of anilines is 1. The van der Waals surface area contributed by atoms with E-state index in [0.717, 1.165) is 48.1 Å². The molecule has 34 heavy (non-hydrogen) atoms. The quantitative estimate of drug-likeness (QED) is 0.503. The van der Waals surface area contributed by atoms with Crippen molar-refractivity contribution in [1.29, 1.82) is 0 Å². The zero-order valence-corrected chi connectivity index (χ0v) is 22.8. The number of carbonyl (C=O) groups excluding carboxylic acids is 1. The van der Waals surface area contributed by atoms with Gasteiger partial charge in [0, 0.05) is 29.7 Å². The second-order valence-corrected chi connectivity index (χ2v) is 13.8. The molecule has 2 heterocycles. The smallest absolute Gasteiger partial charge is 0.184 e. The van der Waals surface area contributed by atoms with Crippen molar-refractivity contribution in [2.75, 3.05) is 25.0 Å². The lowest BCUT2D eigenvalue weighted by Gasteiger charge is -2.53. The molecule has 3 atom stereocenters. The first kappa shape index (κ1) is 24.2. The van der Waals surface area contributed by atoms with Gasteiger partial charge < -0.3 is 10.1 Å². The summed E-state index contributed by atoms with van der Waals surface area (Å²) in [5.41, 5.74) is 2.94. The number of Topliss-reactive ketones (excluding diaryl/α,β-unsaturated/α-hetero) is 1. The van der Waals surface area contributed by atoms with Crippen LogP contribution >= 0.6 is 11.3 Å². The third-order valence-electron chi connectivity index (χ3n) is 8.35. The highest BCUT2D eigenvalue weighted by Gasteiger charge is 2.53. The van der Waals surface area contributed by atoms with Crippen molar-refractivity contribution >= 4 is 32.5 Å². The topological polar surface area (TPSA) is 54.5 Å². The number of piperidine rings is 1. The molecule has 3 aliphatic rings. The molecule has 186 valence electrons. The number of carbonyl (C=O) groups is 1. The van der Waals surface area contributed by atoms with Crippen LogP contribution in [0.4, 0.5) is 5.13 Å². The molecule has 5 rings (SSSR count). The van der Waals surface area contributed by atoms with Crippen molar-refractivity contribution in [3.8, 4) is 0 Å². The minimum atomic E-state index is -0.133. The molecule has 0 spiro atoms. The SMILES string of the molecule is C[C@H]1C2C(=O)c3ccc4nc(NC(C)(C)CCOC(C)(C)C)sc4c3[C@]1(C)CCN2CC1CC1. The Bertz CT molecular complexity index is 1100. The Balaban J connectivity index is 1.44. The lowest BCUT2D eigenvalue weighted by molar-refractivity contribution is -0.00846. The summed E-state index contributed by atoms with van der Waals surface area (Å²) in [6.07, 6.45) is 4.66. The lowest BCUT2D eigenvalue weighted by Crippen LogP contribution is -2.61. The van der Waals surface area contributed by atoms with Crippen molar-refractivity contribution in [2.24, 2.45) is 11.8 Å². The van der Waals surface area contributed by atoms with E-state index in [1.807, 2.05) is 0 Å². The Labute approximate surface area is 208 Å². The number of nitrogens with one attached hydrogen (secondary N) is 1. The Kier molecular flexibility index (Phi) is 5.89. The van der Waals surface area contributed by atoms with E-state index in [0.29, 0.717) is 18.3 Å². The van der Waals surface area contributed by atoms with Crippen molar-refractivity contribution in [3.63, 3.8) is 0 Å². The van der Waals surface area contributed by atoms with Crippen LogP contribution in [0.15, 0.2) is 12.1 Å². The number of thiazole rings is 1. The van der Waals surface area contributed by atoms with Gasteiger partial charge in [0.1, 0.15) is 0 Å². The van der Waals surface area contributed by atoms with Crippen LogP contribution in [0.2, 0.25) is 0 Å². The summed E-state index contributed by atoms with van der Waals surface area (Å²) in [5.74, 6) is 1.44. The van der Waals surface area contributed by atoms with Crippen LogP contribution in [-0.4, -0.2) is 52.5 Å². The first-order valence-electron chi connectivity index (χ1n) is 13.0. The maximum absolute atomic E-state index is 13.8. The molecule has 2 aromatic rings. The van der Waals surface area contributed by atoms with Crippen molar-refractivity contribution in [1.82, 2.24) is 9.88 Å². The molecular weight excluding hydrogens is 442 g/mol. The number of rotatable bonds is 7. The van der Waals surface area contributed by atoms with Crippen LogP contribution < -0.4 is 5.32 Å². The highest BCUT2D eigenvalue weighted by atomic mass is 32.1. The summed E-state index contributed by atoms with van der Waals surface area (Å²) in [5, 5.41) is 4.59. The van der Waals surface area contributed by atoms with Gasteiger partial charge in [0.05, 0.1) is 21.9 Å². The second kappa shape index (κ2) is 8.28. The number of hydrogen-bond donors (Lipinski definition) is 1. The number of benzene rings is 1. The zero-order chi connectivity index (χ0) is 24.5. The first-order chi connectivity index (χ1) is 15.9. The monoisotopic (exact) mass is 483 g/mol. The average molecular weight is 484 g/mol. The van der Waals surface area contributed by atoms with E-state index in [9.17, 15) is 4.79 Å². The molecule has 1 saturated heterocycles. The average Bonchev–Trinajstić information content (AvgIpc) is 3.44. The van der Waals surface area contributed by atoms with E-state index in [4.69, 9.17) is 9.72 Å². The fourth-order valence-corrected chi connectivity index (χ4v) is 7.26. The molecule has 1 unspecified atom stereocenters. The number of hydrogen-bond acceptors (Lipinski definition) is 6. The van der Waals surface area contributed by atoms with Gasteiger partial charge in [0.15, 0.2) is 10.9 Å². The molecule has 0 radical (unpaired) electrons. The van der Waals surface area contributed by atoms with Crippen LogP contribution in [0.3, 0.4) is 0 Å². The van der Waals surface area contributed by atoms with Crippen molar-refractivity contribution in [3.05, 3.63) is 23.3 Å². The Hall–Kier alpha value is -1.50. The third-order valence-corrected chi connectivity index (χ3v) is 9.35. The summed E-state index contributed by atoms with van der Waals surface area (Å²) in [6, 6.07) is 4.14. The van der Waals surface area contributed by atoms with Gasteiger partial charge in [-0.3, -0.25) is 9.69 Å². The molecule has 2 bridgehead atoms. The van der Waals surface area contributed by atoms with Crippen molar-refractivity contribution in [2.45, 2.75) is 96.7 Å². The summed E-state index contributed by atoms with van der Waals surface area (Å²) < 4.78 is 7.15. The summed E-state index contributed by atoms with van der Waals surface area (Å²) in [7, 11) is 0. The van der Waals surface area contributed by atoms with E-state index in [1.54, 1.807) is 11.3 Å². The minimum absolute atomic E-state index is 0.00728. The van der Waals surface area contributed by atoms with Gasteiger partial charge in [-0.2, -0.15) is 0 Å². The Morgan fingerprint density at radius 2 is 1.97 bits per heavy atom. The molecule has 1 saturated carbocycles. The van der Waals surface area contributed by atoms with Crippen LogP contribution in [0, 0.1) is 11.8 Å². The van der Waals surface area contributed by atoms with Gasteiger partial charge >= 0.3 is 0 Å². The number of ether oxygens (including phenoxy) is 1. The maximum Gasteiger partial charge on any atom is 0.184 e. The molecule has 2 aliphatic carbocycles. The molecule has 0 amide bonds. The maximum atomic E-state index is 13.8. The van der Waals surface area contributed by atoms with Gasteiger partial charge in [-0.25, -0.2) is 4.98 Å². The molecule has 5 nitrogen and oxygen atoms in total. The normalized spacial score (nSPS) is 27.8. The number of nitrogens with zero attached hydrogens (tertiary/aromatic N) is 2. The van der Waals surface area contributed by atoms with Gasteiger partial charge in [-0.1, -0.05) is 25.2 Å². The van der Waals surface area contributed by atoms with E-state index in [2.05, 4.69) is 70.8 Å². The molecular formula is C28H41N3O2S. The number of ketones is 1. The molecule has 1 aliphatic heterocycles. The van der Waals surface area contributed by atoms with Crippen LogP contribution in [0.25, 0.3) is 10.2 Å². The van der Waals surface area contributed by atoms with Gasteiger partial charge in [0.25, 0.3) is 0 Å². The van der Waals surface area contributed by atoms with Crippen LogP contribution in [0.5, 0.6) is 0 Å². The lowest BCUT2D eigenvalue weighted by atomic mass is 9.58. The van der Waals surface area contributed by atoms with Crippen molar-refractivity contribution < 1.29 is 9.53 Å². The Morgan fingerprint density at radius 3 is 2.65 bits per heavy atom. The second-order valence-electron chi connectivity index (χ2n) is 12.8. The number of aromatic nitrogens is 1. The van der Waals surface area contributed by atoms with E-state index in [-0.39, 0.29) is 22.6 Å². The van der Waals surface area contributed by atoms with E-state index in [1.165, 1.54) is 23.1 Å². The van der Waals surface area contributed by atoms with Gasteiger partial charge in [-0.05, 0) is 96.4 Å². The molecule has 1 N–H and O–H groups in total. The highest BCUT2D eigenvalue weighted by Crippen LogP contribution is 2.52.